The standard InChI is InChI=1S/C7H10IN3/c1-4-6(8)5(2)11-7(9-3)10-4/h1-3H3,(H,9,10,11). The lowest BCUT2D eigenvalue weighted by atomic mass is 10.4. The van der Waals surface area contributed by atoms with Gasteiger partial charge >= 0.3 is 0 Å². The maximum atomic E-state index is 4.22. The van der Waals surface area contributed by atoms with Crippen molar-refractivity contribution in [3.63, 3.8) is 0 Å². The van der Waals surface area contributed by atoms with Crippen LogP contribution in [0.2, 0.25) is 0 Å². The van der Waals surface area contributed by atoms with Crippen molar-refractivity contribution >= 4 is 28.5 Å². The largest absolute Gasteiger partial charge is 0.357 e. The van der Waals surface area contributed by atoms with Crippen LogP contribution in [0.5, 0.6) is 0 Å². The number of nitrogens with one attached hydrogen (secondary N) is 1. The van der Waals surface area contributed by atoms with Crippen molar-refractivity contribution < 1.29 is 0 Å². The molecule has 0 fully saturated rings. The summed E-state index contributed by atoms with van der Waals surface area (Å²) >= 11 is 2.25. The molecule has 0 aliphatic heterocycles. The van der Waals surface area contributed by atoms with Gasteiger partial charge in [0.15, 0.2) is 0 Å². The highest BCUT2D eigenvalue weighted by molar-refractivity contribution is 14.1. The number of rotatable bonds is 1. The number of aryl methyl sites for hydroxylation is 2. The van der Waals surface area contributed by atoms with E-state index in [0.29, 0.717) is 5.95 Å². The van der Waals surface area contributed by atoms with E-state index in [1.165, 1.54) is 0 Å². The summed E-state index contributed by atoms with van der Waals surface area (Å²) in [5.41, 5.74) is 2.06. The molecule has 1 aromatic heterocycles. The van der Waals surface area contributed by atoms with E-state index in [1.54, 1.807) is 0 Å². The first-order valence-corrected chi connectivity index (χ1v) is 4.41. The lowest BCUT2D eigenvalue weighted by molar-refractivity contribution is 1.03. The first-order chi connectivity index (χ1) is 5.15. The maximum absolute atomic E-state index is 4.22. The van der Waals surface area contributed by atoms with Gasteiger partial charge in [-0.05, 0) is 36.4 Å². The van der Waals surface area contributed by atoms with Crippen LogP contribution in [-0.4, -0.2) is 17.0 Å². The molecule has 0 radical (unpaired) electrons. The Morgan fingerprint density at radius 3 is 2.00 bits per heavy atom. The quantitative estimate of drug-likeness (QED) is 0.784. The summed E-state index contributed by atoms with van der Waals surface area (Å²) in [7, 11) is 1.82. The van der Waals surface area contributed by atoms with Crippen LogP contribution >= 0.6 is 22.6 Å². The van der Waals surface area contributed by atoms with Gasteiger partial charge in [-0.2, -0.15) is 0 Å². The minimum Gasteiger partial charge on any atom is -0.357 e. The summed E-state index contributed by atoms with van der Waals surface area (Å²) in [6.07, 6.45) is 0. The van der Waals surface area contributed by atoms with Gasteiger partial charge < -0.3 is 5.32 Å². The van der Waals surface area contributed by atoms with Crippen molar-refractivity contribution in [2.45, 2.75) is 13.8 Å². The minimum atomic E-state index is 0.695. The van der Waals surface area contributed by atoms with Crippen molar-refractivity contribution in [3.05, 3.63) is 15.0 Å². The van der Waals surface area contributed by atoms with Crippen LogP contribution < -0.4 is 5.32 Å². The fourth-order valence-electron chi connectivity index (χ4n) is 0.814. The van der Waals surface area contributed by atoms with Crippen LogP contribution in [0.1, 0.15) is 11.4 Å². The van der Waals surface area contributed by atoms with Gasteiger partial charge in [-0.3, -0.25) is 0 Å². The molecule has 0 aliphatic rings. The Morgan fingerprint density at radius 2 is 1.64 bits per heavy atom. The van der Waals surface area contributed by atoms with Crippen molar-refractivity contribution in [2.24, 2.45) is 0 Å². The van der Waals surface area contributed by atoms with Gasteiger partial charge in [0, 0.05) is 7.05 Å². The van der Waals surface area contributed by atoms with Crippen LogP contribution in [0, 0.1) is 17.4 Å². The van der Waals surface area contributed by atoms with E-state index in [1.807, 2.05) is 20.9 Å². The zero-order valence-electron chi connectivity index (χ0n) is 6.77. The fourth-order valence-corrected chi connectivity index (χ4v) is 1.06. The highest BCUT2D eigenvalue weighted by Gasteiger charge is 2.02. The van der Waals surface area contributed by atoms with Gasteiger partial charge in [-0.1, -0.05) is 0 Å². The van der Waals surface area contributed by atoms with Crippen molar-refractivity contribution in [2.75, 3.05) is 12.4 Å². The molecule has 0 bridgehead atoms. The molecule has 3 nitrogen and oxygen atoms in total. The normalized spacial score (nSPS) is 9.82. The molecule has 60 valence electrons. The van der Waals surface area contributed by atoms with Crippen molar-refractivity contribution in [1.82, 2.24) is 9.97 Å². The third-order valence-electron chi connectivity index (χ3n) is 1.41. The number of nitrogens with zero attached hydrogens (tertiary/aromatic N) is 2. The second kappa shape index (κ2) is 3.34. The zero-order chi connectivity index (χ0) is 8.43. The Morgan fingerprint density at radius 1 is 1.18 bits per heavy atom. The van der Waals surface area contributed by atoms with Crippen LogP contribution in [0.15, 0.2) is 0 Å². The SMILES string of the molecule is CNc1nc(C)c(I)c(C)n1. The molecule has 0 spiro atoms. The van der Waals surface area contributed by atoms with Gasteiger partial charge in [0.2, 0.25) is 5.95 Å². The Bertz CT molecular complexity index is 249. The van der Waals surface area contributed by atoms with Gasteiger partial charge in [0.05, 0.1) is 15.0 Å². The molecule has 11 heavy (non-hydrogen) atoms. The average molecular weight is 263 g/mol. The molecule has 4 heteroatoms. The molecule has 0 aromatic carbocycles. The second-order valence-electron chi connectivity index (χ2n) is 2.28. The lowest BCUT2D eigenvalue weighted by Gasteiger charge is -2.03. The molecule has 0 aliphatic carbocycles. The first kappa shape index (κ1) is 8.70. The van der Waals surface area contributed by atoms with E-state index in [9.17, 15) is 0 Å². The predicted molar refractivity (Wildman–Crippen MR) is 53.8 cm³/mol. The molecule has 0 atom stereocenters. The van der Waals surface area contributed by atoms with E-state index in [-0.39, 0.29) is 0 Å². The summed E-state index contributed by atoms with van der Waals surface area (Å²) in [5.74, 6) is 0.695. The third-order valence-corrected chi connectivity index (χ3v) is 2.97. The Labute approximate surface area is 79.8 Å². The van der Waals surface area contributed by atoms with E-state index in [4.69, 9.17) is 0 Å². The number of anilines is 1. The number of hydrogen-bond donors (Lipinski definition) is 1. The molecule has 0 saturated heterocycles. The smallest absolute Gasteiger partial charge is 0.222 e. The van der Waals surface area contributed by atoms with Crippen molar-refractivity contribution in [1.29, 1.82) is 0 Å². The summed E-state index contributed by atoms with van der Waals surface area (Å²) in [6.45, 7) is 3.97. The molecular weight excluding hydrogens is 253 g/mol. The average Bonchev–Trinajstić information content (AvgIpc) is 1.99. The van der Waals surface area contributed by atoms with Gasteiger partial charge in [-0.15, -0.1) is 0 Å². The van der Waals surface area contributed by atoms with E-state index < -0.39 is 0 Å². The van der Waals surface area contributed by atoms with Gasteiger partial charge in [0.25, 0.3) is 0 Å². The topological polar surface area (TPSA) is 37.8 Å². The predicted octanol–water partition coefficient (Wildman–Crippen LogP) is 1.74. The Kier molecular flexibility index (Phi) is 2.64. The van der Waals surface area contributed by atoms with Crippen molar-refractivity contribution in [3.8, 4) is 0 Å². The van der Waals surface area contributed by atoms with E-state index in [0.717, 1.165) is 15.0 Å². The van der Waals surface area contributed by atoms with Gasteiger partial charge in [0.1, 0.15) is 0 Å². The zero-order valence-corrected chi connectivity index (χ0v) is 8.93. The monoisotopic (exact) mass is 263 g/mol. The van der Waals surface area contributed by atoms with E-state index in [2.05, 4.69) is 37.9 Å². The molecular formula is C7H10IN3. The molecule has 1 rings (SSSR count). The highest BCUT2D eigenvalue weighted by atomic mass is 127. The molecule has 1 heterocycles. The maximum Gasteiger partial charge on any atom is 0.222 e. The van der Waals surface area contributed by atoms with Gasteiger partial charge in [-0.25, -0.2) is 9.97 Å². The third kappa shape index (κ3) is 1.79. The van der Waals surface area contributed by atoms with Crippen LogP contribution in [0.25, 0.3) is 0 Å². The molecule has 1 N–H and O–H groups in total. The highest BCUT2D eigenvalue weighted by Crippen LogP contribution is 2.13. The molecule has 0 saturated carbocycles. The fraction of sp³-hybridized carbons (Fsp3) is 0.429. The van der Waals surface area contributed by atoms with E-state index >= 15 is 0 Å². The number of halogens is 1. The molecule has 0 unspecified atom stereocenters. The minimum absolute atomic E-state index is 0.695. The summed E-state index contributed by atoms with van der Waals surface area (Å²) in [6, 6.07) is 0. The summed E-state index contributed by atoms with van der Waals surface area (Å²) < 4.78 is 1.14. The number of hydrogen-bond acceptors (Lipinski definition) is 3. The first-order valence-electron chi connectivity index (χ1n) is 3.33. The summed E-state index contributed by atoms with van der Waals surface area (Å²) in [4.78, 5) is 8.44. The van der Waals surface area contributed by atoms with Crippen LogP contribution in [-0.2, 0) is 0 Å². The summed E-state index contributed by atoms with van der Waals surface area (Å²) in [5, 5.41) is 2.91. The molecule has 1 aromatic rings. The number of aromatic nitrogens is 2. The molecule has 0 amide bonds. The lowest BCUT2D eigenvalue weighted by Crippen LogP contribution is -2.02. The van der Waals surface area contributed by atoms with Crippen LogP contribution in [0.4, 0.5) is 5.95 Å². The van der Waals surface area contributed by atoms with Crippen LogP contribution in [0.3, 0.4) is 0 Å². The second-order valence-corrected chi connectivity index (χ2v) is 3.36. The Balaban J connectivity index is 3.21. The Hall–Kier alpha value is -0.390.